The van der Waals surface area contributed by atoms with Gasteiger partial charge in [-0.1, -0.05) is 60.1 Å². The molecule has 8 nitrogen and oxygen atoms in total. The number of esters is 1. The summed E-state index contributed by atoms with van der Waals surface area (Å²) in [6.07, 6.45) is 0.521. The van der Waals surface area contributed by atoms with Gasteiger partial charge < -0.3 is 19.7 Å². The molecule has 36 heavy (non-hydrogen) atoms. The summed E-state index contributed by atoms with van der Waals surface area (Å²) >= 11 is 8.87. The highest BCUT2D eigenvalue weighted by atomic mass is 79.9. The summed E-state index contributed by atoms with van der Waals surface area (Å²) in [6, 6.07) is 14.2. The Hall–Kier alpha value is -2.98. The second kappa shape index (κ2) is 13.4. The third-order valence-electron chi connectivity index (χ3n) is 5.43. The van der Waals surface area contributed by atoms with Crippen molar-refractivity contribution in [2.24, 2.45) is 5.92 Å². The van der Waals surface area contributed by atoms with E-state index < -0.39 is 17.9 Å². The summed E-state index contributed by atoms with van der Waals surface area (Å²) in [5.41, 5.74) is 1.43. The Morgan fingerprint density at radius 1 is 1.22 bits per heavy atom. The molecule has 1 unspecified atom stereocenters. The first-order valence-corrected chi connectivity index (χ1v) is 13.0. The van der Waals surface area contributed by atoms with E-state index in [1.165, 1.54) is 0 Å². The molecule has 1 heterocycles. The van der Waals surface area contributed by atoms with E-state index in [1.807, 2.05) is 44.2 Å². The Bertz CT molecular complexity index is 1100. The molecule has 0 aromatic heterocycles. The van der Waals surface area contributed by atoms with Crippen LogP contribution in [0, 0.1) is 5.92 Å². The van der Waals surface area contributed by atoms with Crippen molar-refractivity contribution in [3.63, 3.8) is 0 Å². The second-order valence-electron chi connectivity index (χ2n) is 8.77. The molecular formula is C26H30BrN3O5S. The van der Waals surface area contributed by atoms with Crippen LogP contribution in [0.2, 0.25) is 0 Å². The highest BCUT2D eigenvalue weighted by Crippen LogP contribution is 2.24. The third kappa shape index (κ3) is 8.03. The summed E-state index contributed by atoms with van der Waals surface area (Å²) in [4.78, 5) is 39.5. The Balaban J connectivity index is 1.66. The van der Waals surface area contributed by atoms with Gasteiger partial charge in [-0.05, 0) is 41.9 Å². The molecular weight excluding hydrogens is 546 g/mol. The lowest BCUT2D eigenvalue weighted by molar-refractivity contribution is -0.148. The van der Waals surface area contributed by atoms with Gasteiger partial charge in [-0.3, -0.25) is 19.7 Å². The number of carbonyl (C=O) groups is 3. The van der Waals surface area contributed by atoms with E-state index in [2.05, 4.69) is 26.6 Å². The van der Waals surface area contributed by atoms with Gasteiger partial charge >= 0.3 is 5.97 Å². The maximum Gasteiger partial charge on any atom is 0.308 e. The minimum Gasteiger partial charge on any atom is -0.492 e. The van der Waals surface area contributed by atoms with Crippen molar-refractivity contribution in [2.45, 2.75) is 32.7 Å². The molecule has 1 fully saturated rings. The van der Waals surface area contributed by atoms with Crippen LogP contribution in [-0.4, -0.2) is 60.1 Å². The fraction of sp³-hybridized carbons (Fsp3) is 0.385. The van der Waals surface area contributed by atoms with Gasteiger partial charge in [-0.15, -0.1) is 0 Å². The molecule has 0 bridgehead atoms. The zero-order chi connectivity index (χ0) is 26.1. The SMILES string of the molecule is CC(C)COC(=O)CC1C(=O)NCCN1C(=S)NC(=O)c1cc(Br)ccc1OCCc1ccccc1. The number of benzene rings is 2. The van der Waals surface area contributed by atoms with Crippen LogP contribution in [0.3, 0.4) is 0 Å². The van der Waals surface area contributed by atoms with Gasteiger partial charge in [0.05, 0.1) is 25.2 Å². The molecule has 1 aliphatic rings. The average molecular weight is 577 g/mol. The second-order valence-corrected chi connectivity index (χ2v) is 10.1. The maximum absolute atomic E-state index is 13.2. The number of amides is 2. The molecule has 1 atom stereocenters. The van der Waals surface area contributed by atoms with Crippen LogP contribution in [-0.2, 0) is 20.7 Å². The summed E-state index contributed by atoms with van der Waals surface area (Å²) in [7, 11) is 0. The minimum absolute atomic E-state index is 0.0618. The van der Waals surface area contributed by atoms with E-state index in [-0.39, 0.29) is 30.0 Å². The van der Waals surface area contributed by atoms with Crippen molar-refractivity contribution >= 4 is 51.0 Å². The molecule has 1 saturated heterocycles. The fourth-order valence-electron chi connectivity index (χ4n) is 3.60. The first-order valence-electron chi connectivity index (χ1n) is 11.8. The molecule has 2 aromatic rings. The number of nitrogens with zero attached hydrogens (tertiary/aromatic N) is 1. The zero-order valence-corrected chi connectivity index (χ0v) is 22.7. The predicted molar refractivity (Wildman–Crippen MR) is 144 cm³/mol. The predicted octanol–water partition coefficient (Wildman–Crippen LogP) is 3.48. The lowest BCUT2D eigenvalue weighted by Crippen LogP contribution is -2.60. The smallest absolute Gasteiger partial charge is 0.308 e. The Morgan fingerprint density at radius 2 is 1.97 bits per heavy atom. The lowest BCUT2D eigenvalue weighted by Gasteiger charge is -2.36. The topological polar surface area (TPSA) is 97.0 Å². The fourth-order valence-corrected chi connectivity index (χ4v) is 4.27. The Kier molecular flexibility index (Phi) is 10.2. The van der Waals surface area contributed by atoms with Crippen LogP contribution < -0.4 is 15.4 Å². The highest BCUT2D eigenvalue weighted by molar-refractivity contribution is 9.10. The number of hydrogen-bond donors (Lipinski definition) is 2. The number of halogens is 1. The molecule has 192 valence electrons. The largest absolute Gasteiger partial charge is 0.492 e. The zero-order valence-electron chi connectivity index (χ0n) is 20.3. The van der Waals surface area contributed by atoms with Crippen molar-refractivity contribution in [2.75, 3.05) is 26.3 Å². The van der Waals surface area contributed by atoms with Crippen molar-refractivity contribution in [3.8, 4) is 5.75 Å². The van der Waals surface area contributed by atoms with Crippen LogP contribution in [0.4, 0.5) is 0 Å². The van der Waals surface area contributed by atoms with Gasteiger partial charge in [-0.2, -0.15) is 0 Å². The number of ether oxygens (including phenoxy) is 2. The summed E-state index contributed by atoms with van der Waals surface area (Å²) in [5, 5.41) is 5.50. The first kappa shape index (κ1) is 27.6. The first-order chi connectivity index (χ1) is 17.2. The molecule has 2 N–H and O–H groups in total. The molecule has 3 rings (SSSR count). The van der Waals surface area contributed by atoms with E-state index >= 15 is 0 Å². The number of thiocarbonyl (C=S) groups is 1. The van der Waals surface area contributed by atoms with Crippen LogP contribution in [0.5, 0.6) is 5.75 Å². The van der Waals surface area contributed by atoms with Crippen molar-refractivity contribution < 1.29 is 23.9 Å². The van der Waals surface area contributed by atoms with E-state index in [4.69, 9.17) is 21.7 Å². The molecule has 0 aliphatic carbocycles. The van der Waals surface area contributed by atoms with Gasteiger partial charge in [0.25, 0.3) is 5.91 Å². The van der Waals surface area contributed by atoms with Crippen LogP contribution in [0.15, 0.2) is 53.0 Å². The van der Waals surface area contributed by atoms with Crippen molar-refractivity contribution in [1.29, 1.82) is 0 Å². The van der Waals surface area contributed by atoms with Gasteiger partial charge in [0.1, 0.15) is 11.8 Å². The molecule has 0 spiro atoms. The van der Waals surface area contributed by atoms with Gasteiger partial charge in [0, 0.05) is 24.0 Å². The van der Waals surface area contributed by atoms with Crippen molar-refractivity contribution in [3.05, 3.63) is 64.1 Å². The maximum atomic E-state index is 13.2. The molecule has 0 saturated carbocycles. The number of hydrogen-bond acceptors (Lipinski definition) is 6. The van der Waals surface area contributed by atoms with Crippen LogP contribution in [0.1, 0.15) is 36.2 Å². The van der Waals surface area contributed by atoms with Gasteiger partial charge in [0.15, 0.2) is 5.11 Å². The molecule has 2 amide bonds. The lowest BCUT2D eigenvalue weighted by atomic mass is 10.1. The normalized spacial score (nSPS) is 15.3. The highest BCUT2D eigenvalue weighted by Gasteiger charge is 2.34. The van der Waals surface area contributed by atoms with Gasteiger partial charge in [0.2, 0.25) is 5.91 Å². The molecule has 0 radical (unpaired) electrons. The number of nitrogens with one attached hydrogen (secondary N) is 2. The van der Waals surface area contributed by atoms with E-state index in [0.29, 0.717) is 41.9 Å². The molecule has 10 heteroatoms. The Morgan fingerprint density at radius 3 is 2.69 bits per heavy atom. The third-order valence-corrected chi connectivity index (χ3v) is 6.26. The monoisotopic (exact) mass is 575 g/mol. The number of rotatable bonds is 9. The summed E-state index contributed by atoms with van der Waals surface area (Å²) in [5.74, 6) is -0.708. The average Bonchev–Trinajstić information content (AvgIpc) is 2.85. The standard InChI is InChI=1S/C26H30BrN3O5S/c1-17(2)16-35-23(31)15-21-25(33)28-11-12-30(21)26(36)29-24(32)20-14-19(27)8-9-22(20)34-13-10-18-6-4-3-5-7-18/h3-9,14,17,21H,10-13,15-16H2,1-2H3,(H,28,33)(H,29,32,36). The summed E-state index contributed by atoms with van der Waals surface area (Å²) < 4.78 is 11.9. The van der Waals surface area contributed by atoms with E-state index in [9.17, 15) is 14.4 Å². The minimum atomic E-state index is -0.865. The quantitative estimate of drug-likeness (QED) is 0.349. The number of carbonyl (C=O) groups excluding carboxylic acids is 3. The summed E-state index contributed by atoms with van der Waals surface area (Å²) in [6.45, 7) is 5.22. The molecule has 1 aliphatic heterocycles. The van der Waals surface area contributed by atoms with Crippen molar-refractivity contribution in [1.82, 2.24) is 15.5 Å². The van der Waals surface area contributed by atoms with Crippen LogP contribution in [0.25, 0.3) is 0 Å². The van der Waals surface area contributed by atoms with Crippen LogP contribution >= 0.6 is 28.1 Å². The van der Waals surface area contributed by atoms with E-state index in [1.54, 1.807) is 23.1 Å². The van der Waals surface area contributed by atoms with Gasteiger partial charge in [-0.25, -0.2) is 0 Å². The molecule has 2 aromatic carbocycles. The van der Waals surface area contributed by atoms with E-state index in [0.717, 1.165) is 5.56 Å². The number of piperazine rings is 1. The Labute approximate surface area is 224 Å².